The van der Waals surface area contributed by atoms with Crippen molar-refractivity contribution in [3.8, 4) is 0 Å². The van der Waals surface area contributed by atoms with Gasteiger partial charge < -0.3 is 19.5 Å². The van der Waals surface area contributed by atoms with E-state index in [0.717, 1.165) is 11.1 Å². The quantitative estimate of drug-likeness (QED) is 0.719. The van der Waals surface area contributed by atoms with Crippen molar-refractivity contribution < 1.29 is 19.4 Å². The van der Waals surface area contributed by atoms with Crippen LogP contribution in [0, 0.1) is 11.8 Å². The number of fused-ring (bicyclic) bond motifs is 1. The number of aliphatic carboxylic acids is 1. The Balaban J connectivity index is 1.65. The van der Waals surface area contributed by atoms with Crippen molar-refractivity contribution in [3.05, 3.63) is 60.2 Å². The molecule has 0 unspecified atom stereocenters. The van der Waals surface area contributed by atoms with Gasteiger partial charge in [-0.15, -0.1) is 6.58 Å². The van der Waals surface area contributed by atoms with Gasteiger partial charge in [0.15, 0.2) is 0 Å². The van der Waals surface area contributed by atoms with Gasteiger partial charge in [0.05, 0.1) is 18.1 Å². The molecule has 2 fully saturated rings. The first kappa shape index (κ1) is 17.0. The van der Waals surface area contributed by atoms with Crippen molar-refractivity contribution in [1.82, 2.24) is 4.90 Å². The molecule has 26 heavy (non-hydrogen) atoms. The van der Waals surface area contributed by atoms with Gasteiger partial charge >= 0.3 is 0 Å². The van der Waals surface area contributed by atoms with Crippen LogP contribution >= 0.6 is 0 Å². The number of rotatable bonds is 6. The lowest BCUT2D eigenvalue weighted by Crippen LogP contribution is -2.46. The molecule has 0 N–H and O–H groups in total. The second-order valence-electron chi connectivity index (χ2n) is 7.56. The SMILES string of the molecule is C=C(C)C[C@@H]1N(CCc2ccccc2)C(=O)[C@@H]2[C@H](C(=O)[O-])[C@H]3C=C[C@]21O3. The molecule has 5 heteroatoms. The molecule has 0 saturated carbocycles. The number of benzene rings is 1. The number of ether oxygens (including phenoxy) is 1. The van der Waals surface area contributed by atoms with Crippen LogP contribution in [-0.2, 0) is 20.7 Å². The first-order valence-corrected chi connectivity index (χ1v) is 9.01. The zero-order chi connectivity index (χ0) is 18.5. The highest BCUT2D eigenvalue weighted by molar-refractivity contribution is 5.91. The molecule has 1 aromatic carbocycles. The summed E-state index contributed by atoms with van der Waals surface area (Å²) in [6.07, 6.45) is 4.41. The van der Waals surface area contributed by atoms with E-state index in [1.165, 1.54) is 0 Å². The maximum absolute atomic E-state index is 13.2. The molecule has 0 aromatic heterocycles. The Morgan fingerprint density at radius 3 is 2.73 bits per heavy atom. The summed E-state index contributed by atoms with van der Waals surface area (Å²) in [6, 6.07) is 9.73. The van der Waals surface area contributed by atoms with E-state index in [1.54, 1.807) is 11.0 Å². The minimum atomic E-state index is -1.21. The summed E-state index contributed by atoms with van der Waals surface area (Å²) in [4.78, 5) is 26.7. The molecule has 4 rings (SSSR count). The summed E-state index contributed by atoms with van der Waals surface area (Å²) < 4.78 is 6.09. The Hall–Kier alpha value is -2.40. The fourth-order valence-electron chi connectivity index (χ4n) is 4.75. The van der Waals surface area contributed by atoms with Gasteiger partial charge in [0.25, 0.3) is 0 Å². The normalized spacial score (nSPS) is 34.3. The largest absolute Gasteiger partial charge is 0.550 e. The molecule has 1 aromatic rings. The van der Waals surface area contributed by atoms with Gasteiger partial charge in [-0.25, -0.2) is 0 Å². The molecule has 0 radical (unpaired) electrons. The molecule has 3 heterocycles. The lowest BCUT2D eigenvalue weighted by molar-refractivity contribution is -0.313. The maximum Gasteiger partial charge on any atom is 0.230 e. The monoisotopic (exact) mass is 352 g/mol. The number of likely N-dealkylation sites (tertiary alicyclic amines) is 1. The molecular weight excluding hydrogens is 330 g/mol. The molecule has 2 bridgehead atoms. The third-order valence-corrected chi connectivity index (χ3v) is 5.83. The Morgan fingerprint density at radius 2 is 2.08 bits per heavy atom. The van der Waals surface area contributed by atoms with Gasteiger partial charge in [-0.1, -0.05) is 48.1 Å². The van der Waals surface area contributed by atoms with E-state index >= 15 is 0 Å². The fourth-order valence-corrected chi connectivity index (χ4v) is 4.75. The predicted molar refractivity (Wildman–Crippen MR) is 93.8 cm³/mol. The third-order valence-electron chi connectivity index (χ3n) is 5.83. The summed E-state index contributed by atoms with van der Waals surface area (Å²) in [5, 5.41) is 11.7. The first-order chi connectivity index (χ1) is 12.4. The lowest BCUT2D eigenvalue weighted by Gasteiger charge is -2.33. The standard InChI is InChI=1S/C21H23NO4/c1-13(2)12-16-21-10-8-15(26-21)17(20(24)25)18(21)19(23)22(16)11-9-14-6-4-3-5-7-14/h3-8,10,15-18H,1,9,11-12H2,2H3,(H,24,25)/p-1/t15-,16+,17-,18+,21-/m1/s1. The first-order valence-electron chi connectivity index (χ1n) is 9.01. The van der Waals surface area contributed by atoms with Crippen molar-refractivity contribution in [3.63, 3.8) is 0 Å². The number of hydrogen-bond acceptors (Lipinski definition) is 4. The molecule has 3 aliphatic rings. The average Bonchev–Trinajstić information content (AvgIpc) is 3.24. The van der Waals surface area contributed by atoms with Gasteiger partial charge in [-0.3, -0.25) is 4.79 Å². The summed E-state index contributed by atoms with van der Waals surface area (Å²) in [5.41, 5.74) is 1.21. The van der Waals surface area contributed by atoms with Crippen LogP contribution < -0.4 is 5.11 Å². The molecule has 2 saturated heterocycles. The van der Waals surface area contributed by atoms with E-state index in [2.05, 4.69) is 6.58 Å². The predicted octanol–water partition coefficient (Wildman–Crippen LogP) is 1.10. The van der Waals surface area contributed by atoms with Crippen LogP contribution in [0.1, 0.15) is 18.9 Å². The molecule has 3 aliphatic heterocycles. The fraction of sp³-hybridized carbons (Fsp3) is 0.429. The van der Waals surface area contributed by atoms with Crippen LogP contribution in [0.2, 0.25) is 0 Å². The van der Waals surface area contributed by atoms with Crippen molar-refractivity contribution in [1.29, 1.82) is 0 Å². The number of nitrogens with zero attached hydrogens (tertiary/aromatic N) is 1. The van der Waals surface area contributed by atoms with Crippen molar-refractivity contribution >= 4 is 11.9 Å². The summed E-state index contributed by atoms with van der Waals surface area (Å²) in [5.74, 6) is -2.98. The van der Waals surface area contributed by atoms with Crippen LogP contribution in [0.15, 0.2) is 54.6 Å². The van der Waals surface area contributed by atoms with Crippen LogP contribution in [0.5, 0.6) is 0 Å². The number of amides is 1. The van der Waals surface area contributed by atoms with Gasteiger partial charge in [0.1, 0.15) is 5.60 Å². The zero-order valence-corrected chi connectivity index (χ0v) is 14.8. The minimum absolute atomic E-state index is 0.145. The molecule has 5 atom stereocenters. The van der Waals surface area contributed by atoms with Crippen molar-refractivity contribution in [2.45, 2.75) is 37.5 Å². The molecular formula is C21H22NO4-. The summed E-state index contributed by atoms with van der Waals surface area (Å²) in [7, 11) is 0. The Kier molecular flexibility index (Phi) is 3.99. The lowest BCUT2D eigenvalue weighted by atomic mass is 9.74. The topological polar surface area (TPSA) is 69.7 Å². The number of hydrogen-bond donors (Lipinski definition) is 0. The molecule has 5 nitrogen and oxygen atoms in total. The second kappa shape index (κ2) is 6.09. The van der Waals surface area contributed by atoms with Crippen LogP contribution in [0.3, 0.4) is 0 Å². The summed E-state index contributed by atoms with van der Waals surface area (Å²) in [6.45, 7) is 6.45. The van der Waals surface area contributed by atoms with Crippen molar-refractivity contribution in [2.24, 2.45) is 11.8 Å². The maximum atomic E-state index is 13.2. The smallest absolute Gasteiger partial charge is 0.230 e. The van der Waals surface area contributed by atoms with Gasteiger partial charge in [-0.05, 0) is 25.3 Å². The zero-order valence-electron chi connectivity index (χ0n) is 14.8. The Labute approximate surface area is 152 Å². The third kappa shape index (κ3) is 2.42. The number of carboxylic acid groups (broad SMARTS) is 1. The van der Waals surface area contributed by atoms with Crippen molar-refractivity contribution in [2.75, 3.05) is 6.54 Å². The van der Waals surface area contributed by atoms with Crippen LogP contribution in [-0.4, -0.2) is 41.1 Å². The molecule has 0 aliphatic carbocycles. The number of carbonyl (C=O) groups is 2. The van der Waals surface area contributed by atoms with Gasteiger partial charge in [-0.2, -0.15) is 0 Å². The van der Waals surface area contributed by atoms with E-state index in [9.17, 15) is 14.7 Å². The molecule has 1 spiro atoms. The van der Waals surface area contributed by atoms with E-state index in [1.807, 2.05) is 43.3 Å². The number of carbonyl (C=O) groups excluding carboxylic acids is 2. The number of carboxylic acids is 1. The Morgan fingerprint density at radius 1 is 1.35 bits per heavy atom. The highest BCUT2D eigenvalue weighted by atomic mass is 16.5. The molecule has 136 valence electrons. The minimum Gasteiger partial charge on any atom is -0.550 e. The van der Waals surface area contributed by atoms with Crippen LogP contribution in [0.4, 0.5) is 0 Å². The average molecular weight is 352 g/mol. The van der Waals surface area contributed by atoms with E-state index < -0.39 is 29.5 Å². The Bertz CT molecular complexity index is 786. The van der Waals surface area contributed by atoms with E-state index in [4.69, 9.17) is 4.74 Å². The van der Waals surface area contributed by atoms with Gasteiger partial charge in [0.2, 0.25) is 5.91 Å². The van der Waals surface area contributed by atoms with Gasteiger partial charge in [0, 0.05) is 18.4 Å². The highest BCUT2D eigenvalue weighted by Gasteiger charge is 2.69. The highest BCUT2D eigenvalue weighted by Crippen LogP contribution is 2.55. The van der Waals surface area contributed by atoms with Crippen LogP contribution in [0.25, 0.3) is 0 Å². The second-order valence-corrected chi connectivity index (χ2v) is 7.56. The van der Waals surface area contributed by atoms with E-state index in [0.29, 0.717) is 19.4 Å². The summed E-state index contributed by atoms with van der Waals surface area (Å²) >= 11 is 0. The molecule has 1 amide bonds. The van der Waals surface area contributed by atoms with E-state index in [-0.39, 0.29) is 11.9 Å².